The van der Waals surface area contributed by atoms with E-state index in [4.69, 9.17) is 4.74 Å². The summed E-state index contributed by atoms with van der Waals surface area (Å²) < 4.78 is 9.11. The Balaban J connectivity index is 1.49. The number of amides is 1. The smallest absolute Gasteiger partial charge is 0.244 e. The lowest BCUT2D eigenvalue weighted by Crippen LogP contribution is -2.30. The fourth-order valence-corrected chi connectivity index (χ4v) is 3.43. The zero-order valence-electron chi connectivity index (χ0n) is 17.9. The van der Waals surface area contributed by atoms with Gasteiger partial charge < -0.3 is 14.6 Å². The van der Waals surface area contributed by atoms with Gasteiger partial charge in [-0.1, -0.05) is 53.7 Å². The highest BCUT2D eigenvalue weighted by atomic mass is 16.5. The fraction of sp³-hybridized carbons (Fsp3) is 0.167. The van der Waals surface area contributed by atoms with E-state index in [0.717, 1.165) is 11.1 Å². The van der Waals surface area contributed by atoms with E-state index in [1.54, 1.807) is 30.3 Å². The Kier molecular flexibility index (Phi) is 6.41. The number of hydrogen-bond acceptors (Lipinski definition) is 5. The van der Waals surface area contributed by atoms with Crippen molar-refractivity contribution in [1.29, 1.82) is 0 Å². The van der Waals surface area contributed by atoms with Gasteiger partial charge in [-0.05, 0) is 17.7 Å². The molecule has 4 rings (SSSR count). The number of imidazole rings is 1. The number of ether oxygens (including phenoxy) is 1. The summed E-state index contributed by atoms with van der Waals surface area (Å²) >= 11 is 0. The van der Waals surface area contributed by atoms with E-state index in [9.17, 15) is 4.79 Å². The average molecular weight is 428 g/mol. The number of benzene rings is 2. The Morgan fingerprint density at radius 2 is 1.94 bits per heavy atom. The monoisotopic (exact) mass is 428 g/mol. The molecule has 0 spiro atoms. The molecule has 2 aromatic heterocycles. The Hall–Kier alpha value is -4.20. The van der Waals surface area contributed by atoms with Crippen LogP contribution in [0.25, 0.3) is 6.08 Å². The summed E-state index contributed by atoms with van der Waals surface area (Å²) in [4.78, 5) is 17.2. The number of hydrogen-bond donors (Lipinski definition) is 1. The van der Waals surface area contributed by atoms with Crippen molar-refractivity contribution in [3.63, 3.8) is 0 Å². The predicted molar refractivity (Wildman–Crippen MR) is 121 cm³/mol. The van der Waals surface area contributed by atoms with Crippen LogP contribution in [0.5, 0.6) is 5.75 Å². The zero-order chi connectivity index (χ0) is 22.3. The Bertz CT molecular complexity index is 1210. The first-order valence-corrected chi connectivity index (χ1v) is 10.2. The van der Waals surface area contributed by atoms with Gasteiger partial charge >= 0.3 is 0 Å². The molecule has 0 bridgehead atoms. The molecule has 0 fully saturated rings. The minimum atomic E-state index is -0.475. The van der Waals surface area contributed by atoms with Crippen LogP contribution in [-0.4, -0.2) is 37.6 Å². The molecule has 2 aromatic carbocycles. The van der Waals surface area contributed by atoms with Crippen LogP contribution in [0.2, 0.25) is 0 Å². The number of rotatable bonds is 8. The van der Waals surface area contributed by atoms with E-state index in [1.165, 1.54) is 6.08 Å². The maximum Gasteiger partial charge on any atom is 0.244 e. The number of carbonyl (C=O) groups excluding carboxylic acids is 1. The van der Waals surface area contributed by atoms with Crippen LogP contribution in [0.15, 0.2) is 79.3 Å². The second-order valence-electron chi connectivity index (χ2n) is 7.24. The summed E-state index contributed by atoms with van der Waals surface area (Å²) in [5.41, 5.74) is 2.54. The van der Waals surface area contributed by atoms with Gasteiger partial charge in [0.1, 0.15) is 23.3 Å². The van der Waals surface area contributed by atoms with Crippen LogP contribution in [0.4, 0.5) is 0 Å². The maximum atomic E-state index is 12.8. The molecular formula is C24H24N6O2. The van der Waals surface area contributed by atoms with Gasteiger partial charge in [-0.15, -0.1) is 5.10 Å². The van der Waals surface area contributed by atoms with Crippen molar-refractivity contribution in [2.45, 2.75) is 12.6 Å². The molecule has 1 unspecified atom stereocenters. The first kappa shape index (κ1) is 21.0. The SMILES string of the molecule is COc1ccccc1C(NC(=O)/C=C/c1cn(Cc2ccccc2)nn1)c1nccn1C. The van der Waals surface area contributed by atoms with Crippen molar-refractivity contribution in [1.82, 2.24) is 29.9 Å². The molecule has 162 valence electrons. The quantitative estimate of drug-likeness (QED) is 0.436. The molecule has 32 heavy (non-hydrogen) atoms. The third-order valence-corrected chi connectivity index (χ3v) is 5.00. The fourth-order valence-electron chi connectivity index (χ4n) is 3.43. The summed E-state index contributed by atoms with van der Waals surface area (Å²) in [6.45, 7) is 0.614. The van der Waals surface area contributed by atoms with Gasteiger partial charge in [-0.2, -0.15) is 0 Å². The summed E-state index contributed by atoms with van der Waals surface area (Å²) in [6, 6.07) is 17.1. The average Bonchev–Trinajstić information content (AvgIpc) is 3.45. The molecule has 8 nitrogen and oxygen atoms in total. The molecule has 4 aromatic rings. The van der Waals surface area contributed by atoms with E-state index < -0.39 is 6.04 Å². The van der Waals surface area contributed by atoms with E-state index in [2.05, 4.69) is 20.6 Å². The minimum Gasteiger partial charge on any atom is -0.496 e. The lowest BCUT2D eigenvalue weighted by atomic mass is 10.0. The van der Waals surface area contributed by atoms with Gasteiger partial charge in [-0.25, -0.2) is 9.67 Å². The number of aryl methyl sites for hydroxylation is 1. The normalized spacial score (nSPS) is 12.1. The van der Waals surface area contributed by atoms with E-state index >= 15 is 0 Å². The molecule has 0 radical (unpaired) electrons. The van der Waals surface area contributed by atoms with Crippen molar-refractivity contribution < 1.29 is 9.53 Å². The molecule has 0 aliphatic rings. The van der Waals surface area contributed by atoms with Gasteiger partial charge in [0.2, 0.25) is 5.91 Å². The summed E-state index contributed by atoms with van der Waals surface area (Å²) in [7, 11) is 3.49. The number of para-hydroxylation sites is 1. The van der Waals surface area contributed by atoms with Gasteiger partial charge in [0.15, 0.2) is 0 Å². The van der Waals surface area contributed by atoms with E-state index in [-0.39, 0.29) is 5.91 Å². The van der Waals surface area contributed by atoms with Gasteiger partial charge in [0.05, 0.1) is 19.9 Å². The largest absolute Gasteiger partial charge is 0.496 e. The molecule has 2 heterocycles. The second-order valence-corrected chi connectivity index (χ2v) is 7.24. The number of nitrogens with one attached hydrogen (secondary N) is 1. The van der Waals surface area contributed by atoms with E-state index in [1.807, 2.05) is 72.4 Å². The predicted octanol–water partition coefficient (Wildman–Crippen LogP) is 2.99. The van der Waals surface area contributed by atoms with Crippen LogP contribution in [0.1, 0.15) is 28.7 Å². The van der Waals surface area contributed by atoms with Crippen molar-refractivity contribution in [2.75, 3.05) is 7.11 Å². The highest BCUT2D eigenvalue weighted by Gasteiger charge is 2.23. The molecular weight excluding hydrogens is 404 g/mol. The maximum absolute atomic E-state index is 12.8. The Morgan fingerprint density at radius 1 is 1.16 bits per heavy atom. The van der Waals surface area contributed by atoms with Crippen LogP contribution in [-0.2, 0) is 18.4 Å². The van der Waals surface area contributed by atoms with Gasteiger partial charge in [0.25, 0.3) is 0 Å². The van der Waals surface area contributed by atoms with Gasteiger partial charge in [-0.3, -0.25) is 4.79 Å². The molecule has 1 amide bonds. The summed E-state index contributed by atoms with van der Waals surface area (Å²) in [5.74, 6) is 1.10. The van der Waals surface area contributed by atoms with Crippen LogP contribution >= 0.6 is 0 Å². The highest BCUT2D eigenvalue weighted by molar-refractivity contribution is 5.92. The molecule has 0 aliphatic heterocycles. The standard InChI is InChI=1S/C24H24N6O2/c1-29-15-14-25-24(29)23(20-10-6-7-11-21(20)32-2)26-22(31)13-12-19-17-30(28-27-19)16-18-8-4-3-5-9-18/h3-15,17,23H,16H2,1-2H3,(H,26,31)/b13-12+. The molecule has 1 N–H and O–H groups in total. The summed E-state index contributed by atoms with van der Waals surface area (Å²) in [5, 5.41) is 11.3. The van der Waals surface area contributed by atoms with Crippen LogP contribution < -0.4 is 10.1 Å². The van der Waals surface area contributed by atoms with Gasteiger partial charge in [0, 0.05) is 31.1 Å². The lowest BCUT2D eigenvalue weighted by Gasteiger charge is -2.20. The number of carbonyl (C=O) groups is 1. The topological polar surface area (TPSA) is 86.9 Å². The summed E-state index contributed by atoms with van der Waals surface area (Å²) in [6.07, 6.45) is 8.42. The highest BCUT2D eigenvalue weighted by Crippen LogP contribution is 2.29. The minimum absolute atomic E-state index is 0.276. The first-order valence-electron chi connectivity index (χ1n) is 10.2. The molecule has 0 aliphatic carbocycles. The van der Waals surface area contributed by atoms with Crippen molar-refractivity contribution in [3.8, 4) is 5.75 Å². The van der Waals surface area contributed by atoms with Crippen molar-refractivity contribution >= 4 is 12.0 Å². The van der Waals surface area contributed by atoms with Crippen molar-refractivity contribution in [3.05, 3.63) is 102 Å². The van der Waals surface area contributed by atoms with Crippen molar-refractivity contribution in [2.24, 2.45) is 7.05 Å². The third kappa shape index (κ3) is 4.92. The van der Waals surface area contributed by atoms with Crippen LogP contribution in [0.3, 0.4) is 0 Å². The number of methoxy groups -OCH3 is 1. The molecule has 8 heteroatoms. The third-order valence-electron chi connectivity index (χ3n) is 5.00. The zero-order valence-corrected chi connectivity index (χ0v) is 17.9. The lowest BCUT2D eigenvalue weighted by molar-refractivity contribution is -0.117. The first-order chi connectivity index (χ1) is 15.6. The Labute approximate surface area is 186 Å². The number of nitrogens with zero attached hydrogens (tertiary/aromatic N) is 5. The molecule has 0 saturated carbocycles. The molecule has 1 atom stereocenters. The Morgan fingerprint density at radius 3 is 2.69 bits per heavy atom. The van der Waals surface area contributed by atoms with Crippen LogP contribution in [0, 0.1) is 0 Å². The molecule has 0 saturated heterocycles. The second kappa shape index (κ2) is 9.74. The van der Waals surface area contributed by atoms with E-state index in [0.29, 0.717) is 23.8 Å². The number of aromatic nitrogens is 5.